The maximum Gasteiger partial charge on any atom is 0.0462 e. The van der Waals surface area contributed by atoms with Crippen molar-refractivity contribution in [3.63, 3.8) is 0 Å². The molecular weight excluding hydrogens is 160 g/mol. The van der Waals surface area contributed by atoms with Crippen LogP contribution in [0, 0.1) is 29.6 Å². The highest BCUT2D eigenvalue weighted by Gasteiger charge is 2.42. The quantitative estimate of drug-likeness (QED) is 0.610. The van der Waals surface area contributed by atoms with Crippen molar-refractivity contribution in [3.05, 3.63) is 12.2 Å². The number of aliphatic hydroxyl groups is 1. The molecule has 1 nitrogen and oxygen atoms in total. The predicted molar refractivity (Wildman–Crippen MR) is 52.1 cm³/mol. The minimum absolute atomic E-state index is 0.425. The van der Waals surface area contributed by atoms with Crippen LogP contribution in [0.15, 0.2) is 12.2 Å². The van der Waals surface area contributed by atoms with Gasteiger partial charge in [-0.05, 0) is 55.3 Å². The van der Waals surface area contributed by atoms with Crippen LogP contribution >= 0.6 is 0 Å². The zero-order chi connectivity index (χ0) is 8.84. The van der Waals surface area contributed by atoms with Crippen molar-refractivity contribution >= 4 is 0 Å². The lowest BCUT2D eigenvalue weighted by atomic mass is 9.57. The topological polar surface area (TPSA) is 20.2 Å². The third kappa shape index (κ3) is 1.17. The molecule has 0 aliphatic heterocycles. The summed E-state index contributed by atoms with van der Waals surface area (Å²) in [5, 5.41) is 9.31. The lowest BCUT2D eigenvalue weighted by Crippen LogP contribution is -2.40. The summed E-state index contributed by atoms with van der Waals surface area (Å²) in [6, 6.07) is 0. The van der Waals surface area contributed by atoms with Crippen LogP contribution < -0.4 is 0 Å². The van der Waals surface area contributed by atoms with E-state index in [1.807, 2.05) is 0 Å². The molecule has 0 heterocycles. The first-order valence-electron chi connectivity index (χ1n) is 5.66. The standard InChI is InChI=1S/C12H18O/c13-7-12-5-9-2-1-8-3-10(9)6-11(12)4-8/h1-2,8-13H,3-7H2. The SMILES string of the molecule is OCC1CC2C=CC3CC2CC1C3. The molecule has 0 saturated heterocycles. The van der Waals surface area contributed by atoms with Gasteiger partial charge in [-0.3, -0.25) is 0 Å². The van der Waals surface area contributed by atoms with Gasteiger partial charge in [0.2, 0.25) is 0 Å². The number of hydrogen-bond acceptors (Lipinski definition) is 1. The van der Waals surface area contributed by atoms with E-state index in [2.05, 4.69) is 12.2 Å². The Hall–Kier alpha value is -0.300. The molecule has 0 radical (unpaired) electrons. The van der Waals surface area contributed by atoms with Gasteiger partial charge < -0.3 is 5.11 Å². The summed E-state index contributed by atoms with van der Waals surface area (Å²) in [5.74, 6) is 4.10. The van der Waals surface area contributed by atoms with Crippen LogP contribution in [0.25, 0.3) is 0 Å². The molecule has 0 aromatic rings. The lowest BCUT2D eigenvalue weighted by Gasteiger charge is -2.48. The van der Waals surface area contributed by atoms with Gasteiger partial charge in [-0.15, -0.1) is 0 Å². The van der Waals surface area contributed by atoms with Gasteiger partial charge in [0.15, 0.2) is 0 Å². The van der Waals surface area contributed by atoms with Gasteiger partial charge in [0.1, 0.15) is 0 Å². The Kier molecular flexibility index (Phi) is 1.76. The summed E-state index contributed by atoms with van der Waals surface area (Å²) < 4.78 is 0. The molecule has 2 saturated carbocycles. The second kappa shape index (κ2) is 2.84. The summed E-state index contributed by atoms with van der Waals surface area (Å²) in [6.07, 6.45) is 10.3. The van der Waals surface area contributed by atoms with Gasteiger partial charge in [0.25, 0.3) is 0 Å². The van der Waals surface area contributed by atoms with E-state index in [0.717, 1.165) is 23.7 Å². The molecule has 0 aromatic heterocycles. The summed E-state index contributed by atoms with van der Waals surface area (Å²) in [6.45, 7) is 0.425. The van der Waals surface area contributed by atoms with Crippen LogP contribution in [-0.4, -0.2) is 11.7 Å². The fourth-order valence-electron chi connectivity index (χ4n) is 3.84. The Morgan fingerprint density at radius 1 is 1.00 bits per heavy atom. The smallest absolute Gasteiger partial charge is 0.0462 e. The molecule has 3 aliphatic carbocycles. The normalized spacial score (nSPS) is 52.5. The molecule has 3 rings (SSSR count). The van der Waals surface area contributed by atoms with Crippen LogP contribution in [0.4, 0.5) is 0 Å². The van der Waals surface area contributed by atoms with Crippen LogP contribution in [-0.2, 0) is 0 Å². The molecule has 1 heteroatoms. The molecule has 0 amide bonds. The summed E-state index contributed by atoms with van der Waals surface area (Å²) in [4.78, 5) is 0. The number of hydrogen-bond donors (Lipinski definition) is 1. The van der Waals surface area contributed by atoms with E-state index < -0.39 is 0 Å². The van der Waals surface area contributed by atoms with E-state index in [4.69, 9.17) is 0 Å². The number of allylic oxidation sites excluding steroid dienone is 2. The first kappa shape index (κ1) is 8.05. The predicted octanol–water partition coefficient (Wildman–Crippen LogP) is 2.22. The van der Waals surface area contributed by atoms with Crippen molar-refractivity contribution in [1.82, 2.24) is 0 Å². The van der Waals surface area contributed by atoms with Crippen molar-refractivity contribution < 1.29 is 5.11 Å². The minimum atomic E-state index is 0.425. The van der Waals surface area contributed by atoms with E-state index in [1.54, 1.807) is 0 Å². The zero-order valence-electron chi connectivity index (χ0n) is 8.02. The Labute approximate surface area is 79.8 Å². The molecule has 3 aliphatic rings. The monoisotopic (exact) mass is 178 g/mol. The number of aliphatic hydroxyl groups excluding tert-OH is 1. The van der Waals surface area contributed by atoms with Gasteiger partial charge >= 0.3 is 0 Å². The van der Waals surface area contributed by atoms with Crippen LogP contribution in [0.1, 0.15) is 25.7 Å². The Bertz CT molecular complexity index is 233. The van der Waals surface area contributed by atoms with E-state index in [-0.39, 0.29) is 0 Å². The van der Waals surface area contributed by atoms with Crippen LogP contribution in [0.3, 0.4) is 0 Å². The third-order valence-corrected chi connectivity index (χ3v) is 4.53. The van der Waals surface area contributed by atoms with Gasteiger partial charge in [0.05, 0.1) is 0 Å². The Morgan fingerprint density at radius 3 is 2.69 bits per heavy atom. The molecule has 1 N–H and O–H groups in total. The molecule has 2 fully saturated rings. The molecule has 13 heavy (non-hydrogen) atoms. The second-order valence-electron chi connectivity index (χ2n) is 5.21. The van der Waals surface area contributed by atoms with Gasteiger partial charge in [-0.2, -0.15) is 0 Å². The average molecular weight is 178 g/mol. The molecule has 0 aromatic carbocycles. The van der Waals surface area contributed by atoms with E-state index in [1.165, 1.54) is 25.7 Å². The highest BCUT2D eigenvalue weighted by atomic mass is 16.3. The van der Waals surface area contributed by atoms with Crippen molar-refractivity contribution in [2.24, 2.45) is 29.6 Å². The first-order chi connectivity index (χ1) is 6.36. The molecular formula is C12H18O. The van der Waals surface area contributed by atoms with E-state index in [0.29, 0.717) is 12.5 Å². The number of rotatable bonds is 1. The van der Waals surface area contributed by atoms with Crippen molar-refractivity contribution in [3.8, 4) is 0 Å². The summed E-state index contributed by atoms with van der Waals surface area (Å²) >= 11 is 0. The van der Waals surface area contributed by atoms with Gasteiger partial charge in [-0.1, -0.05) is 12.2 Å². The maximum absolute atomic E-state index is 9.31. The lowest BCUT2D eigenvalue weighted by molar-refractivity contribution is 0.0254. The van der Waals surface area contributed by atoms with Crippen molar-refractivity contribution in [2.45, 2.75) is 25.7 Å². The summed E-state index contributed by atoms with van der Waals surface area (Å²) in [7, 11) is 0. The molecule has 72 valence electrons. The highest BCUT2D eigenvalue weighted by Crippen LogP contribution is 2.51. The molecule has 0 spiro atoms. The van der Waals surface area contributed by atoms with Gasteiger partial charge in [-0.25, -0.2) is 0 Å². The Balaban J connectivity index is 1.90. The van der Waals surface area contributed by atoms with Crippen LogP contribution in [0.2, 0.25) is 0 Å². The second-order valence-corrected chi connectivity index (χ2v) is 5.21. The highest BCUT2D eigenvalue weighted by molar-refractivity contribution is 5.08. The number of fused-ring (bicyclic) bond motifs is 2. The minimum Gasteiger partial charge on any atom is -0.396 e. The van der Waals surface area contributed by atoms with Crippen molar-refractivity contribution in [1.29, 1.82) is 0 Å². The van der Waals surface area contributed by atoms with Crippen LogP contribution in [0.5, 0.6) is 0 Å². The average Bonchev–Trinajstić information content (AvgIpc) is 2.15. The molecule has 3 bridgehead atoms. The fraction of sp³-hybridized carbons (Fsp3) is 0.833. The van der Waals surface area contributed by atoms with Gasteiger partial charge in [0, 0.05) is 6.61 Å². The zero-order valence-corrected chi connectivity index (χ0v) is 8.02. The Morgan fingerprint density at radius 2 is 1.85 bits per heavy atom. The summed E-state index contributed by atoms with van der Waals surface area (Å²) in [5.41, 5.74) is 0. The largest absolute Gasteiger partial charge is 0.396 e. The maximum atomic E-state index is 9.31. The fourth-order valence-corrected chi connectivity index (χ4v) is 3.84. The third-order valence-electron chi connectivity index (χ3n) is 4.53. The molecule has 5 atom stereocenters. The van der Waals surface area contributed by atoms with E-state index >= 15 is 0 Å². The first-order valence-corrected chi connectivity index (χ1v) is 5.66. The molecule has 5 unspecified atom stereocenters. The van der Waals surface area contributed by atoms with Crippen molar-refractivity contribution in [2.75, 3.05) is 6.61 Å². The van der Waals surface area contributed by atoms with E-state index in [9.17, 15) is 5.11 Å².